The Hall–Kier alpha value is -0.120. The van der Waals surface area contributed by atoms with Gasteiger partial charge < -0.3 is 14.8 Å². The molecule has 106 valence electrons. The molecule has 18 heavy (non-hydrogen) atoms. The smallest absolute Gasteiger partial charge is 0.0809 e. The second-order valence-corrected chi connectivity index (χ2v) is 5.71. The average molecular weight is 255 g/mol. The summed E-state index contributed by atoms with van der Waals surface area (Å²) in [4.78, 5) is 0. The standard InChI is InChI=1S/C15H29NO2/c1-2-4-8-14(7-3-1)16-10-6-11-17-13-15-9-5-12-18-15/h14-16H,1-13H2. The van der Waals surface area contributed by atoms with Crippen molar-refractivity contribution in [1.29, 1.82) is 0 Å². The van der Waals surface area contributed by atoms with Crippen LogP contribution in [0.3, 0.4) is 0 Å². The van der Waals surface area contributed by atoms with Crippen LogP contribution in [0.5, 0.6) is 0 Å². The van der Waals surface area contributed by atoms with Crippen molar-refractivity contribution in [3.05, 3.63) is 0 Å². The summed E-state index contributed by atoms with van der Waals surface area (Å²) >= 11 is 0. The maximum atomic E-state index is 5.67. The highest BCUT2D eigenvalue weighted by Gasteiger charge is 2.15. The fourth-order valence-electron chi connectivity index (χ4n) is 2.95. The van der Waals surface area contributed by atoms with Gasteiger partial charge in [-0.3, -0.25) is 0 Å². The molecule has 1 saturated heterocycles. The number of nitrogens with one attached hydrogen (secondary N) is 1. The zero-order chi connectivity index (χ0) is 12.5. The van der Waals surface area contributed by atoms with Crippen LogP contribution in [0.1, 0.15) is 57.8 Å². The van der Waals surface area contributed by atoms with Gasteiger partial charge in [0.1, 0.15) is 0 Å². The molecule has 0 amide bonds. The van der Waals surface area contributed by atoms with Crippen LogP contribution in [0.15, 0.2) is 0 Å². The lowest BCUT2D eigenvalue weighted by molar-refractivity contribution is 0.0165. The Kier molecular flexibility index (Phi) is 7.06. The van der Waals surface area contributed by atoms with Crippen molar-refractivity contribution in [2.45, 2.75) is 69.9 Å². The van der Waals surface area contributed by atoms with Crippen molar-refractivity contribution in [2.24, 2.45) is 0 Å². The third-order valence-corrected chi connectivity index (χ3v) is 4.08. The summed E-state index contributed by atoms with van der Waals surface area (Å²) < 4.78 is 11.2. The van der Waals surface area contributed by atoms with Crippen LogP contribution >= 0.6 is 0 Å². The zero-order valence-corrected chi connectivity index (χ0v) is 11.7. The fourth-order valence-corrected chi connectivity index (χ4v) is 2.95. The highest BCUT2D eigenvalue weighted by molar-refractivity contribution is 4.70. The molecule has 1 aliphatic carbocycles. The topological polar surface area (TPSA) is 30.5 Å². The van der Waals surface area contributed by atoms with Gasteiger partial charge in [-0.25, -0.2) is 0 Å². The molecule has 0 bridgehead atoms. The van der Waals surface area contributed by atoms with Gasteiger partial charge in [0.25, 0.3) is 0 Å². The van der Waals surface area contributed by atoms with Gasteiger partial charge >= 0.3 is 0 Å². The third kappa shape index (κ3) is 5.68. The normalized spacial score (nSPS) is 26.3. The van der Waals surface area contributed by atoms with Gasteiger partial charge in [0.05, 0.1) is 12.7 Å². The van der Waals surface area contributed by atoms with E-state index >= 15 is 0 Å². The summed E-state index contributed by atoms with van der Waals surface area (Å²) in [6, 6.07) is 0.769. The highest BCUT2D eigenvalue weighted by atomic mass is 16.5. The van der Waals surface area contributed by atoms with E-state index in [0.29, 0.717) is 6.10 Å². The Morgan fingerprint density at radius 1 is 1.00 bits per heavy atom. The van der Waals surface area contributed by atoms with E-state index in [2.05, 4.69) is 5.32 Å². The molecular weight excluding hydrogens is 226 g/mol. The van der Waals surface area contributed by atoms with Crippen molar-refractivity contribution in [1.82, 2.24) is 5.32 Å². The Labute approximate surface area is 112 Å². The van der Waals surface area contributed by atoms with E-state index in [1.54, 1.807) is 0 Å². The summed E-state index contributed by atoms with van der Waals surface area (Å²) in [6.45, 7) is 3.70. The molecule has 1 N–H and O–H groups in total. The Morgan fingerprint density at radius 3 is 2.56 bits per heavy atom. The lowest BCUT2D eigenvalue weighted by atomic mass is 10.1. The van der Waals surface area contributed by atoms with Crippen LogP contribution in [0, 0.1) is 0 Å². The quantitative estimate of drug-likeness (QED) is 0.560. The minimum atomic E-state index is 0.375. The predicted octanol–water partition coefficient (Wildman–Crippen LogP) is 2.88. The molecule has 2 fully saturated rings. The first-order valence-corrected chi connectivity index (χ1v) is 7.88. The van der Waals surface area contributed by atoms with Gasteiger partial charge in [0.2, 0.25) is 0 Å². The van der Waals surface area contributed by atoms with E-state index in [1.807, 2.05) is 0 Å². The number of ether oxygens (including phenoxy) is 2. The first kappa shape index (κ1) is 14.3. The van der Waals surface area contributed by atoms with Crippen LogP contribution in [0.4, 0.5) is 0 Å². The molecule has 3 nitrogen and oxygen atoms in total. The van der Waals surface area contributed by atoms with E-state index in [1.165, 1.54) is 51.4 Å². The molecule has 1 heterocycles. The molecular formula is C15H29NO2. The fraction of sp³-hybridized carbons (Fsp3) is 1.00. The van der Waals surface area contributed by atoms with E-state index in [4.69, 9.17) is 9.47 Å². The van der Waals surface area contributed by atoms with Gasteiger partial charge in [-0.05, 0) is 38.6 Å². The second kappa shape index (κ2) is 8.89. The molecule has 1 atom stereocenters. The number of hydrogen-bond donors (Lipinski definition) is 1. The van der Waals surface area contributed by atoms with E-state index in [9.17, 15) is 0 Å². The summed E-state index contributed by atoms with van der Waals surface area (Å²) in [6.07, 6.45) is 12.3. The maximum absolute atomic E-state index is 5.67. The number of hydrogen-bond acceptors (Lipinski definition) is 3. The van der Waals surface area contributed by atoms with Gasteiger partial charge in [-0.15, -0.1) is 0 Å². The largest absolute Gasteiger partial charge is 0.379 e. The maximum Gasteiger partial charge on any atom is 0.0809 e. The molecule has 2 rings (SSSR count). The van der Waals surface area contributed by atoms with Crippen LogP contribution in [0.25, 0.3) is 0 Å². The molecule has 0 aromatic carbocycles. The van der Waals surface area contributed by atoms with Gasteiger partial charge in [-0.2, -0.15) is 0 Å². The van der Waals surface area contributed by atoms with Crippen molar-refractivity contribution < 1.29 is 9.47 Å². The van der Waals surface area contributed by atoms with Crippen molar-refractivity contribution in [2.75, 3.05) is 26.4 Å². The first-order valence-electron chi connectivity index (χ1n) is 7.88. The molecule has 0 aromatic heterocycles. The SMILES string of the molecule is C1CCCC(NCCCOCC2CCCO2)CC1. The lowest BCUT2D eigenvalue weighted by Gasteiger charge is -2.16. The molecule has 2 aliphatic rings. The Bertz CT molecular complexity index is 197. The molecule has 0 radical (unpaired) electrons. The summed E-state index contributed by atoms with van der Waals surface area (Å²) in [5.41, 5.74) is 0. The molecule has 3 heteroatoms. The minimum absolute atomic E-state index is 0.375. The molecule has 0 spiro atoms. The van der Waals surface area contributed by atoms with Crippen LogP contribution in [0.2, 0.25) is 0 Å². The zero-order valence-electron chi connectivity index (χ0n) is 11.7. The summed E-state index contributed by atoms with van der Waals surface area (Å²) in [5, 5.41) is 3.68. The molecule has 1 aliphatic heterocycles. The van der Waals surface area contributed by atoms with Crippen molar-refractivity contribution in [3.63, 3.8) is 0 Å². The van der Waals surface area contributed by atoms with Crippen molar-refractivity contribution in [3.8, 4) is 0 Å². The third-order valence-electron chi connectivity index (χ3n) is 4.08. The highest BCUT2D eigenvalue weighted by Crippen LogP contribution is 2.17. The second-order valence-electron chi connectivity index (χ2n) is 5.71. The monoisotopic (exact) mass is 255 g/mol. The van der Waals surface area contributed by atoms with E-state index in [0.717, 1.165) is 38.8 Å². The van der Waals surface area contributed by atoms with Gasteiger partial charge in [0, 0.05) is 19.3 Å². The summed E-state index contributed by atoms with van der Waals surface area (Å²) in [7, 11) is 0. The van der Waals surface area contributed by atoms with E-state index < -0.39 is 0 Å². The Morgan fingerprint density at radius 2 is 1.83 bits per heavy atom. The predicted molar refractivity (Wildman–Crippen MR) is 73.9 cm³/mol. The number of rotatable bonds is 7. The minimum Gasteiger partial charge on any atom is -0.379 e. The first-order chi connectivity index (χ1) is 8.95. The van der Waals surface area contributed by atoms with Crippen LogP contribution in [-0.2, 0) is 9.47 Å². The average Bonchev–Trinajstić information content (AvgIpc) is 2.76. The lowest BCUT2D eigenvalue weighted by Crippen LogP contribution is -2.30. The van der Waals surface area contributed by atoms with E-state index in [-0.39, 0.29) is 0 Å². The molecule has 1 unspecified atom stereocenters. The Balaban J connectivity index is 1.40. The summed E-state index contributed by atoms with van der Waals surface area (Å²) in [5.74, 6) is 0. The van der Waals surface area contributed by atoms with Crippen molar-refractivity contribution >= 4 is 0 Å². The van der Waals surface area contributed by atoms with Gasteiger partial charge in [0.15, 0.2) is 0 Å². The van der Waals surface area contributed by atoms with Crippen LogP contribution < -0.4 is 5.32 Å². The molecule has 0 aromatic rings. The van der Waals surface area contributed by atoms with Gasteiger partial charge in [-0.1, -0.05) is 25.7 Å². The molecule has 1 saturated carbocycles. The van der Waals surface area contributed by atoms with Crippen LogP contribution in [-0.4, -0.2) is 38.5 Å².